The van der Waals surface area contributed by atoms with Gasteiger partial charge in [0, 0.05) is 18.3 Å². The molecule has 0 heterocycles. The lowest BCUT2D eigenvalue weighted by Crippen LogP contribution is -2.31. The lowest BCUT2D eigenvalue weighted by atomic mass is 10.1. The minimum absolute atomic E-state index is 0.415. The summed E-state index contributed by atoms with van der Waals surface area (Å²) in [7, 11) is 1.72. The Labute approximate surface area is 141 Å². The first-order chi connectivity index (χ1) is 10.5. The smallest absolute Gasteiger partial charge is 0.186 e. The second-order valence-corrected chi connectivity index (χ2v) is 5.26. The van der Waals surface area contributed by atoms with Crippen molar-refractivity contribution in [2.45, 2.75) is 20.3 Å². The van der Waals surface area contributed by atoms with Crippen LogP contribution < -0.4 is 21.9 Å². The highest BCUT2D eigenvalue weighted by Gasteiger charge is 2.09. The molecule has 0 radical (unpaired) electrons. The normalized spacial score (nSPS) is 11.8. The van der Waals surface area contributed by atoms with E-state index in [0.29, 0.717) is 27.2 Å². The molecule has 0 aliphatic heterocycles. The summed E-state index contributed by atoms with van der Waals surface area (Å²) >= 11 is 10.1. The molecule has 118 valence electrons. The number of hydrazone groups is 2. The Morgan fingerprint density at radius 1 is 1.14 bits per heavy atom. The van der Waals surface area contributed by atoms with Gasteiger partial charge in [-0.25, -0.2) is 0 Å². The molecular formula is C14H20N6S2. The van der Waals surface area contributed by atoms with Gasteiger partial charge in [-0.2, -0.15) is 10.2 Å². The Hall–Kier alpha value is -2.06. The van der Waals surface area contributed by atoms with Crippen LogP contribution in [0.25, 0.3) is 0 Å². The van der Waals surface area contributed by atoms with Crippen molar-refractivity contribution in [1.29, 1.82) is 0 Å². The van der Waals surface area contributed by atoms with Gasteiger partial charge < -0.3 is 11.1 Å². The molecule has 0 amide bonds. The molecule has 0 aliphatic carbocycles. The zero-order valence-corrected chi connectivity index (χ0v) is 14.4. The molecule has 0 spiro atoms. The fourth-order valence-corrected chi connectivity index (χ4v) is 1.53. The van der Waals surface area contributed by atoms with Crippen molar-refractivity contribution in [3.63, 3.8) is 0 Å². The van der Waals surface area contributed by atoms with Crippen molar-refractivity contribution in [1.82, 2.24) is 16.2 Å². The fraction of sp³-hybridized carbons (Fsp3) is 0.286. The van der Waals surface area contributed by atoms with Gasteiger partial charge >= 0.3 is 0 Å². The predicted octanol–water partition coefficient (Wildman–Crippen LogP) is 1.77. The third-order valence-electron chi connectivity index (χ3n) is 2.69. The quantitative estimate of drug-likeness (QED) is 0.284. The molecule has 1 aromatic rings. The lowest BCUT2D eigenvalue weighted by molar-refractivity contribution is 0.974. The van der Waals surface area contributed by atoms with Crippen LogP contribution in [0.4, 0.5) is 5.69 Å². The van der Waals surface area contributed by atoms with Gasteiger partial charge in [0.05, 0.1) is 10.7 Å². The minimum Gasteiger partial charge on any atom is -0.399 e. The Kier molecular flexibility index (Phi) is 7.41. The highest BCUT2D eigenvalue weighted by molar-refractivity contribution is 7.80. The van der Waals surface area contributed by atoms with Crippen molar-refractivity contribution in [2.24, 2.45) is 10.2 Å². The minimum atomic E-state index is 0.415. The summed E-state index contributed by atoms with van der Waals surface area (Å²) in [5, 5.41) is 11.8. The average Bonchev–Trinajstić information content (AvgIpc) is 2.53. The summed E-state index contributed by atoms with van der Waals surface area (Å²) in [5.41, 5.74) is 14.2. The topological polar surface area (TPSA) is 86.8 Å². The van der Waals surface area contributed by atoms with E-state index in [0.717, 1.165) is 12.0 Å². The molecule has 0 saturated carbocycles. The first-order valence-electron chi connectivity index (χ1n) is 6.72. The standard InChI is InChI=1S/C14H20N6S2/c1-4-12(21)18-17-9(2)13(19-20-14(22)16-3)10-5-7-11(15)8-6-10/h5-8H,4,15H2,1-3H3,(H,18,21)(H2,16,20,22). The number of nitrogens with one attached hydrogen (secondary N) is 3. The maximum atomic E-state index is 5.72. The van der Waals surface area contributed by atoms with E-state index in [9.17, 15) is 0 Å². The second kappa shape index (κ2) is 9.06. The molecule has 0 saturated heterocycles. The molecule has 6 nitrogen and oxygen atoms in total. The van der Waals surface area contributed by atoms with Gasteiger partial charge in [0.1, 0.15) is 5.71 Å². The number of hydrogen-bond acceptors (Lipinski definition) is 5. The van der Waals surface area contributed by atoms with Crippen LogP contribution in [-0.2, 0) is 0 Å². The molecule has 0 aromatic heterocycles. The molecule has 8 heteroatoms. The van der Waals surface area contributed by atoms with Gasteiger partial charge in [-0.3, -0.25) is 10.9 Å². The number of nitrogens with zero attached hydrogens (tertiary/aromatic N) is 2. The summed E-state index contributed by atoms with van der Waals surface area (Å²) in [6, 6.07) is 7.35. The van der Waals surface area contributed by atoms with Gasteiger partial charge in [-0.1, -0.05) is 31.3 Å². The Morgan fingerprint density at radius 3 is 2.32 bits per heavy atom. The molecule has 0 aliphatic rings. The third-order valence-corrected chi connectivity index (χ3v) is 3.37. The van der Waals surface area contributed by atoms with Crippen molar-refractivity contribution in [3.05, 3.63) is 29.8 Å². The number of rotatable bonds is 5. The first-order valence-corrected chi connectivity index (χ1v) is 7.54. The van der Waals surface area contributed by atoms with Crippen LogP contribution in [0.5, 0.6) is 0 Å². The van der Waals surface area contributed by atoms with Crippen LogP contribution in [0, 0.1) is 0 Å². The summed E-state index contributed by atoms with van der Waals surface area (Å²) in [6.07, 6.45) is 0.725. The molecule has 1 rings (SSSR count). The SMILES string of the molecule is CCC(=S)NN=C(C)C(=NNC(=S)NC)c1ccc(N)cc1. The zero-order chi connectivity index (χ0) is 16.5. The fourth-order valence-electron chi connectivity index (χ4n) is 1.44. The highest BCUT2D eigenvalue weighted by atomic mass is 32.1. The third kappa shape index (κ3) is 5.74. The highest BCUT2D eigenvalue weighted by Crippen LogP contribution is 2.08. The molecule has 5 N–H and O–H groups in total. The number of anilines is 1. The maximum absolute atomic E-state index is 5.72. The van der Waals surface area contributed by atoms with E-state index in [1.165, 1.54) is 0 Å². The van der Waals surface area contributed by atoms with E-state index in [-0.39, 0.29) is 0 Å². The van der Waals surface area contributed by atoms with Gasteiger partial charge in [0.15, 0.2) is 5.11 Å². The Morgan fingerprint density at radius 2 is 1.77 bits per heavy atom. The molecular weight excluding hydrogens is 316 g/mol. The van der Waals surface area contributed by atoms with E-state index < -0.39 is 0 Å². The summed E-state index contributed by atoms with van der Waals surface area (Å²) in [6.45, 7) is 3.80. The molecule has 0 unspecified atom stereocenters. The van der Waals surface area contributed by atoms with Crippen molar-refractivity contribution in [3.8, 4) is 0 Å². The Balaban J connectivity index is 3.07. The largest absolute Gasteiger partial charge is 0.399 e. The lowest BCUT2D eigenvalue weighted by Gasteiger charge is -2.09. The Bertz CT molecular complexity index is 592. The predicted molar refractivity (Wildman–Crippen MR) is 101 cm³/mol. The molecule has 0 bridgehead atoms. The van der Waals surface area contributed by atoms with Crippen LogP contribution in [0.3, 0.4) is 0 Å². The summed E-state index contributed by atoms with van der Waals surface area (Å²) in [4.78, 5) is 0.662. The van der Waals surface area contributed by atoms with Crippen LogP contribution in [0.2, 0.25) is 0 Å². The maximum Gasteiger partial charge on any atom is 0.186 e. The van der Waals surface area contributed by atoms with E-state index in [1.54, 1.807) is 19.2 Å². The zero-order valence-electron chi connectivity index (χ0n) is 12.8. The molecule has 0 fully saturated rings. The first kappa shape index (κ1) is 18.0. The molecule has 1 aromatic carbocycles. The van der Waals surface area contributed by atoms with Gasteiger partial charge in [0.25, 0.3) is 0 Å². The summed E-state index contributed by atoms with van der Waals surface area (Å²) < 4.78 is 0. The van der Waals surface area contributed by atoms with E-state index in [2.05, 4.69) is 26.4 Å². The van der Waals surface area contributed by atoms with Gasteiger partial charge in [-0.05, 0) is 37.7 Å². The molecule has 0 atom stereocenters. The number of nitrogen functional groups attached to an aromatic ring is 1. The summed E-state index contributed by atoms with van der Waals surface area (Å²) in [5.74, 6) is 0. The second-order valence-electron chi connectivity index (χ2n) is 4.36. The number of nitrogens with two attached hydrogens (primary N) is 1. The monoisotopic (exact) mass is 336 g/mol. The van der Waals surface area contributed by atoms with Crippen LogP contribution in [0.1, 0.15) is 25.8 Å². The van der Waals surface area contributed by atoms with Crippen molar-refractivity contribution >= 4 is 51.6 Å². The van der Waals surface area contributed by atoms with Crippen LogP contribution in [-0.4, -0.2) is 28.6 Å². The van der Waals surface area contributed by atoms with E-state index in [4.69, 9.17) is 30.2 Å². The number of benzene rings is 1. The van der Waals surface area contributed by atoms with Gasteiger partial charge in [-0.15, -0.1) is 0 Å². The van der Waals surface area contributed by atoms with E-state index >= 15 is 0 Å². The van der Waals surface area contributed by atoms with Crippen LogP contribution in [0.15, 0.2) is 34.5 Å². The van der Waals surface area contributed by atoms with Crippen molar-refractivity contribution in [2.75, 3.05) is 12.8 Å². The number of thiocarbonyl (C=S) groups is 2. The van der Waals surface area contributed by atoms with Crippen molar-refractivity contribution < 1.29 is 0 Å². The molecule has 22 heavy (non-hydrogen) atoms. The van der Waals surface area contributed by atoms with E-state index in [1.807, 2.05) is 26.0 Å². The van der Waals surface area contributed by atoms with Crippen LogP contribution >= 0.6 is 24.4 Å². The average molecular weight is 336 g/mol. The van der Waals surface area contributed by atoms with Gasteiger partial charge in [0.2, 0.25) is 0 Å². The number of hydrogen-bond donors (Lipinski definition) is 4.